The Labute approximate surface area is 198 Å². The fourth-order valence-corrected chi connectivity index (χ4v) is 4.12. The number of anilines is 1. The highest BCUT2D eigenvalue weighted by molar-refractivity contribution is 7.71. The zero-order chi connectivity index (χ0) is 22.5. The van der Waals surface area contributed by atoms with E-state index in [1.807, 2.05) is 48.1 Å². The highest BCUT2D eigenvalue weighted by atomic mass is 35.5. The van der Waals surface area contributed by atoms with Crippen molar-refractivity contribution in [3.63, 3.8) is 0 Å². The maximum atomic E-state index is 6.03. The van der Waals surface area contributed by atoms with Crippen molar-refractivity contribution in [1.29, 1.82) is 0 Å². The molecule has 0 radical (unpaired) electrons. The summed E-state index contributed by atoms with van der Waals surface area (Å²) in [4.78, 5) is 4.38. The first-order valence-electron chi connectivity index (χ1n) is 10.7. The summed E-state index contributed by atoms with van der Waals surface area (Å²) in [5.74, 6) is 1.62. The molecule has 9 heteroatoms. The molecule has 0 bridgehead atoms. The minimum Gasteiger partial charge on any atom is -0.492 e. The normalized spacial score (nSPS) is 14.2. The van der Waals surface area contributed by atoms with Gasteiger partial charge in [0.05, 0.1) is 25.6 Å². The lowest BCUT2D eigenvalue weighted by atomic mass is 10.2. The van der Waals surface area contributed by atoms with E-state index in [1.54, 1.807) is 0 Å². The molecule has 1 aromatic heterocycles. The molecule has 0 saturated carbocycles. The van der Waals surface area contributed by atoms with E-state index in [1.165, 1.54) is 0 Å². The molecule has 3 aromatic rings. The van der Waals surface area contributed by atoms with Gasteiger partial charge >= 0.3 is 0 Å². The number of para-hydroxylation sites is 1. The number of benzene rings is 2. The smallest absolute Gasteiger partial charge is 0.230 e. The van der Waals surface area contributed by atoms with Crippen molar-refractivity contribution in [3.8, 4) is 11.4 Å². The first-order valence-corrected chi connectivity index (χ1v) is 11.5. The van der Waals surface area contributed by atoms with Crippen LogP contribution in [0.2, 0.25) is 5.02 Å². The summed E-state index contributed by atoms with van der Waals surface area (Å²) >= 11 is 11.9. The van der Waals surface area contributed by atoms with Crippen molar-refractivity contribution < 1.29 is 9.47 Å². The molecule has 0 unspecified atom stereocenters. The van der Waals surface area contributed by atoms with Crippen LogP contribution in [-0.2, 0) is 11.4 Å². The first-order chi connectivity index (χ1) is 15.5. The number of nitrogens with zero attached hydrogens (tertiary/aromatic N) is 5. The van der Waals surface area contributed by atoms with Crippen molar-refractivity contribution >= 4 is 29.8 Å². The molecular formula is C23H28ClN5O2S. The molecule has 0 spiro atoms. The van der Waals surface area contributed by atoms with Gasteiger partial charge in [-0.05, 0) is 56.0 Å². The van der Waals surface area contributed by atoms with Gasteiger partial charge in [-0.1, -0.05) is 35.9 Å². The van der Waals surface area contributed by atoms with Crippen molar-refractivity contribution in [2.75, 3.05) is 51.4 Å². The van der Waals surface area contributed by atoms with E-state index in [9.17, 15) is 0 Å². The van der Waals surface area contributed by atoms with Crippen LogP contribution < -0.4 is 9.64 Å². The standard InChI is InChI=1S/C23H28ClN5O2S/c1-18-6-3-4-9-21(18)29-22(27-11-13-30-14-12-27)25-28(23(29)32)17-26(2)10-15-31-20-8-5-7-19(24)16-20/h3-9,16H,10-15,17H2,1-2H3. The third kappa shape index (κ3) is 5.32. The Kier molecular flexibility index (Phi) is 7.47. The van der Waals surface area contributed by atoms with Gasteiger partial charge in [0.25, 0.3) is 0 Å². The monoisotopic (exact) mass is 473 g/mol. The van der Waals surface area contributed by atoms with Gasteiger partial charge in [-0.25, -0.2) is 4.68 Å². The SMILES string of the molecule is Cc1ccccc1-n1c(N2CCOCC2)nn(CN(C)CCOc2cccc(Cl)c2)c1=S. The number of morpholine rings is 1. The fourth-order valence-electron chi connectivity index (χ4n) is 3.66. The number of ether oxygens (including phenoxy) is 2. The summed E-state index contributed by atoms with van der Waals surface area (Å²) in [6.45, 7) is 6.88. The lowest BCUT2D eigenvalue weighted by Gasteiger charge is -2.27. The minimum atomic E-state index is 0.541. The molecule has 2 heterocycles. The van der Waals surface area contributed by atoms with Crippen LogP contribution in [0.4, 0.5) is 5.95 Å². The number of hydrogen-bond acceptors (Lipinski definition) is 6. The van der Waals surface area contributed by atoms with Crippen LogP contribution in [0.3, 0.4) is 0 Å². The number of halogens is 1. The van der Waals surface area contributed by atoms with Crippen LogP contribution in [0, 0.1) is 11.7 Å². The van der Waals surface area contributed by atoms with Gasteiger partial charge in [0.1, 0.15) is 12.4 Å². The van der Waals surface area contributed by atoms with E-state index in [0.717, 1.165) is 42.6 Å². The number of likely N-dealkylation sites (N-methyl/N-ethyl adjacent to an activating group) is 1. The van der Waals surface area contributed by atoms with Crippen molar-refractivity contribution in [3.05, 3.63) is 63.9 Å². The second-order valence-corrected chi connectivity index (χ2v) is 8.63. The molecule has 0 N–H and O–H groups in total. The molecular weight excluding hydrogens is 446 g/mol. The second kappa shape index (κ2) is 10.5. The summed E-state index contributed by atoms with van der Waals surface area (Å²) in [7, 11) is 2.03. The van der Waals surface area contributed by atoms with Gasteiger partial charge in [-0.3, -0.25) is 9.47 Å². The Morgan fingerprint density at radius 1 is 1.16 bits per heavy atom. The maximum Gasteiger partial charge on any atom is 0.230 e. The van der Waals surface area contributed by atoms with Gasteiger partial charge in [-0.15, -0.1) is 5.10 Å². The molecule has 0 aliphatic carbocycles. The second-order valence-electron chi connectivity index (χ2n) is 7.83. The van der Waals surface area contributed by atoms with Crippen LogP contribution >= 0.6 is 23.8 Å². The van der Waals surface area contributed by atoms with E-state index in [0.29, 0.717) is 36.3 Å². The third-order valence-electron chi connectivity index (χ3n) is 5.39. The molecule has 1 aliphatic heterocycles. The molecule has 32 heavy (non-hydrogen) atoms. The summed E-state index contributed by atoms with van der Waals surface area (Å²) in [5, 5.41) is 5.58. The number of aryl methyl sites for hydroxylation is 1. The van der Waals surface area contributed by atoms with Gasteiger partial charge < -0.3 is 14.4 Å². The quantitative estimate of drug-likeness (QED) is 0.458. The van der Waals surface area contributed by atoms with Crippen LogP contribution in [0.1, 0.15) is 5.56 Å². The summed E-state index contributed by atoms with van der Waals surface area (Å²) in [5.41, 5.74) is 2.21. The highest BCUT2D eigenvalue weighted by Gasteiger charge is 2.22. The Morgan fingerprint density at radius 3 is 2.69 bits per heavy atom. The van der Waals surface area contributed by atoms with Crippen LogP contribution in [0.25, 0.3) is 5.69 Å². The summed E-state index contributed by atoms with van der Waals surface area (Å²) < 4.78 is 16.0. The molecule has 4 rings (SSSR count). The number of aromatic nitrogens is 3. The molecule has 0 amide bonds. The fraction of sp³-hybridized carbons (Fsp3) is 0.391. The first kappa shape index (κ1) is 22.8. The van der Waals surface area contributed by atoms with Crippen molar-refractivity contribution in [1.82, 2.24) is 19.2 Å². The molecule has 1 saturated heterocycles. The Bertz CT molecular complexity index is 1110. The molecule has 0 atom stereocenters. The highest BCUT2D eigenvalue weighted by Crippen LogP contribution is 2.23. The average Bonchev–Trinajstić information content (AvgIpc) is 3.10. The predicted molar refractivity (Wildman–Crippen MR) is 130 cm³/mol. The van der Waals surface area contributed by atoms with Crippen LogP contribution in [0.5, 0.6) is 5.75 Å². The van der Waals surface area contributed by atoms with Crippen LogP contribution in [0.15, 0.2) is 48.5 Å². The van der Waals surface area contributed by atoms with Crippen molar-refractivity contribution in [2.45, 2.75) is 13.6 Å². The maximum absolute atomic E-state index is 6.03. The Hall–Kier alpha value is -2.39. The lowest BCUT2D eigenvalue weighted by Crippen LogP contribution is -2.38. The number of hydrogen-bond donors (Lipinski definition) is 0. The van der Waals surface area contributed by atoms with E-state index < -0.39 is 0 Å². The van der Waals surface area contributed by atoms with Gasteiger partial charge in [-0.2, -0.15) is 0 Å². The van der Waals surface area contributed by atoms with E-state index in [-0.39, 0.29) is 0 Å². The molecule has 7 nitrogen and oxygen atoms in total. The zero-order valence-electron chi connectivity index (χ0n) is 18.4. The molecule has 1 aliphatic rings. The zero-order valence-corrected chi connectivity index (χ0v) is 20.0. The largest absolute Gasteiger partial charge is 0.492 e. The van der Waals surface area contributed by atoms with Gasteiger partial charge in [0, 0.05) is 24.7 Å². The molecule has 170 valence electrons. The average molecular weight is 474 g/mol. The van der Waals surface area contributed by atoms with E-state index >= 15 is 0 Å². The molecule has 2 aromatic carbocycles. The summed E-state index contributed by atoms with van der Waals surface area (Å²) in [6, 6.07) is 15.7. The molecule has 1 fully saturated rings. The van der Waals surface area contributed by atoms with E-state index in [4.69, 9.17) is 38.4 Å². The Balaban J connectivity index is 1.52. The summed E-state index contributed by atoms with van der Waals surface area (Å²) in [6.07, 6.45) is 0. The lowest BCUT2D eigenvalue weighted by molar-refractivity contribution is 0.121. The van der Waals surface area contributed by atoms with Gasteiger partial charge in [0.2, 0.25) is 10.7 Å². The van der Waals surface area contributed by atoms with E-state index in [2.05, 4.69) is 33.4 Å². The van der Waals surface area contributed by atoms with Crippen LogP contribution in [-0.4, -0.2) is 65.8 Å². The number of rotatable bonds is 8. The minimum absolute atomic E-state index is 0.541. The third-order valence-corrected chi connectivity index (χ3v) is 6.01. The Morgan fingerprint density at radius 2 is 1.94 bits per heavy atom. The van der Waals surface area contributed by atoms with Crippen molar-refractivity contribution in [2.24, 2.45) is 0 Å². The topological polar surface area (TPSA) is 47.7 Å². The predicted octanol–water partition coefficient (Wildman–Crippen LogP) is 4.17. The van der Waals surface area contributed by atoms with Gasteiger partial charge in [0.15, 0.2) is 0 Å².